The number of anilines is 2. The maximum atomic E-state index is 8.61. The molecule has 1 aromatic carbocycles. The van der Waals surface area contributed by atoms with E-state index in [1.54, 1.807) is 18.2 Å². The first-order valence-corrected chi connectivity index (χ1v) is 4.17. The first-order chi connectivity index (χ1) is 5.79. The standard InChI is InChI=1S/C7H7N3OS/c8-7-9-5-2-1-4(10-11)3-6(5)12-7/h1-3,10-11H,(H2,8,9). The van der Waals surface area contributed by atoms with E-state index in [4.69, 9.17) is 10.9 Å². The number of hydrogen-bond donors (Lipinski definition) is 3. The summed E-state index contributed by atoms with van der Waals surface area (Å²) in [4.78, 5) is 4.08. The summed E-state index contributed by atoms with van der Waals surface area (Å²) in [5, 5.41) is 9.15. The van der Waals surface area contributed by atoms with Crippen LogP contribution in [-0.4, -0.2) is 10.2 Å². The molecule has 0 aliphatic carbocycles. The van der Waals surface area contributed by atoms with E-state index in [1.165, 1.54) is 11.3 Å². The summed E-state index contributed by atoms with van der Waals surface area (Å²) >= 11 is 1.40. The molecule has 2 aromatic rings. The number of benzene rings is 1. The van der Waals surface area contributed by atoms with E-state index < -0.39 is 0 Å². The van der Waals surface area contributed by atoms with Crippen LogP contribution in [0, 0.1) is 0 Å². The number of nitrogens with one attached hydrogen (secondary N) is 1. The zero-order valence-corrected chi connectivity index (χ0v) is 6.93. The second-order valence-corrected chi connectivity index (χ2v) is 3.41. The molecular formula is C7H7N3OS. The number of nitrogens with zero attached hydrogens (tertiary/aromatic N) is 1. The highest BCUT2D eigenvalue weighted by Crippen LogP contribution is 2.25. The molecule has 2 rings (SSSR count). The maximum Gasteiger partial charge on any atom is 0.181 e. The quantitative estimate of drug-likeness (QED) is 0.585. The Morgan fingerprint density at radius 3 is 3.08 bits per heavy atom. The van der Waals surface area contributed by atoms with Crippen LogP contribution in [0.5, 0.6) is 0 Å². The molecule has 0 saturated carbocycles. The van der Waals surface area contributed by atoms with Crippen molar-refractivity contribution in [3.8, 4) is 0 Å². The fourth-order valence-corrected chi connectivity index (χ4v) is 1.79. The van der Waals surface area contributed by atoms with E-state index in [0.29, 0.717) is 10.8 Å². The number of aromatic nitrogens is 1. The van der Waals surface area contributed by atoms with Gasteiger partial charge in [0.25, 0.3) is 0 Å². The largest absolute Gasteiger partial charge is 0.375 e. The minimum Gasteiger partial charge on any atom is -0.375 e. The Morgan fingerprint density at radius 2 is 2.33 bits per heavy atom. The lowest BCUT2D eigenvalue weighted by atomic mass is 10.3. The van der Waals surface area contributed by atoms with Gasteiger partial charge in [-0.15, -0.1) is 0 Å². The summed E-state index contributed by atoms with van der Waals surface area (Å²) in [7, 11) is 0. The van der Waals surface area contributed by atoms with Crippen molar-refractivity contribution < 1.29 is 5.21 Å². The van der Waals surface area contributed by atoms with Gasteiger partial charge in [0.15, 0.2) is 5.13 Å². The molecule has 0 unspecified atom stereocenters. The Balaban J connectivity index is 2.66. The van der Waals surface area contributed by atoms with E-state index in [2.05, 4.69) is 10.5 Å². The van der Waals surface area contributed by atoms with Gasteiger partial charge in [-0.05, 0) is 18.2 Å². The molecule has 1 heterocycles. The van der Waals surface area contributed by atoms with Crippen LogP contribution in [0.4, 0.5) is 10.8 Å². The summed E-state index contributed by atoms with van der Waals surface area (Å²) in [6, 6.07) is 5.34. The second-order valence-electron chi connectivity index (χ2n) is 2.35. The molecule has 0 aliphatic rings. The number of fused-ring (bicyclic) bond motifs is 1. The molecular weight excluding hydrogens is 174 g/mol. The van der Waals surface area contributed by atoms with Crippen LogP contribution in [0.1, 0.15) is 0 Å². The zero-order chi connectivity index (χ0) is 8.55. The third-order valence-electron chi connectivity index (χ3n) is 1.53. The van der Waals surface area contributed by atoms with Crippen LogP contribution >= 0.6 is 11.3 Å². The Kier molecular flexibility index (Phi) is 1.60. The Labute approximate surface area is 72.6 Å². The fraction of sp³-hybridized carbons (Fsp3) is 0. The number of nitrogen functional groups attached to an aromatic ring is 1. The van der Waals surface area contributed by atoms with Crippen LogP contribution in [0.2, 0.25) is 0 Å². The van der Waals surface area contributed by atoms with Gasteiger partial charge in [-0.1, -0.05) is 11.3 Å². The highest BCUT2D eigenvalue weighted by molar-refractivity contribution is 7.22. The van der Waals surface area contributed by atoms with E-state index in [1.807, 2.05) is 0 Å². The minimum absolute atomic E-state index is 0.542. The number of thiazole rings is 1. The average molecular weight is 181 g/mol. The second kappa shape index (κ2) is 2.62. The van der Waals surface area contributed by atoms with Crippen molar-refractivity contribution in [3.05, 3.63) is 18.2 Å². The molecule has 0 saturated heterocycles. The Hall–Kier alpha value is -1.33. The fourth-order valence-electron chi connectivity index (χ4n) is 1.01. The molecule has 0 amide bonds. The molecule has 62 valence electrons. The predicted molar refractivity (Wildman–Crippen MR) is 49.4 cm³/mol. The molecule has 0 bridgehead atoms. The monoisotopic (exact) mass is 181 g/mol. The molecule has 0 aliphatic heterocycles. The van der Waals surface area contributed by atoms with Gasteiger partial charge in [-0.3, -0.25) is 10.7 Å². The van der Waals surface area contributed by atoms with E-state index in [-0.39, 0.29) is 0 Å². The van der Waals surface area contributed by atoms with Crippen LogP contribution < -0.4 is 11.2 Å². The predicted octanol–water partition coefficient (Wildman–Crippen LogP) is 1.68. The lowest BCUT2D eigenvalue weighted by Gasteiger charge is -1.95. The van der Waals surface area contributed by atoms with Gasteiger partial charge in [0.2, 0.25) is 0 Å². The van der Waals surface area contributed by atoms with Crippen LogP contribution in [-0.2, 0) is 0 Å². The third-order valence-corrected chi connectivity index (χ3v) is 2.38. The van der Waals surface area contributed by atoms with Crippen molar-refractivity contribution in [2.75, 3.05) is 11.2 Å². The molecule has 5 heteroatoms. The van der Waals surface area contributed by atoms with Gasteiger partial charge in [0, 0.05) is 0 Å². The van der Waals surface area contributed by atoms with Crippen LogP contribution in [0.25, 0.3) is 10.2 Å². The summed E-state index contributed by atoms with van der Waals surface area (Å²) in [5.41, 5.74) is 9.08. The average Bonchev–Trinajstić information content (AvgIpc) is 2.43. The summed E-state index contributed by atoms with van der Waals surface area (Å²) in [5.74, 6) is 0. The van der Waals surface area contributed by atoms with Gasteiger partial charge in [-0.25, -0.2) is 4.98 Å². The number of hydrogen-bond acceptors (Lipinski definition) is 5. The molecule has 1 aromatic heterocycles. The van der Waals surface area contributed by atoms with Gasteiger partial charge < -0.3 is 5.73 Å². The normalized spacial score (nSPS) is 10.4. The lowest BCUT2D eigenvalue weighted by Crippen LogP contribution is -1.86. The molecule has 12 heavy (non-hydrogen) atoms. The van der Waals surface area contributed by atoms with Crippen molar-refractivity contribution in [1.82, 2.24) is 4.98 Å². The highest BCUT2D eigenvalue weighted by atomic mass is 32.1. The molecule has 0 spiro atoms. The zero-order valence-electron chi connectivity index (χ0n) is 6.11. The van der Waals surface area contributed by atoms with E-state index in [9.17, 15) is 0 Å². The highest BCUT2D eigenvalue weighted by Gasteiger charge is 2.00. The van der Waals surface area contributed by atoms with Crippen molar-refractivity contribution in [1.29, 1.82) is 0 Å². The maximum absolute atomic E-state index is 8.61. The molecule has 0 radical (unpaired) electrons. The van der Waals surface area contributed by atoms with Crippen molar-refractivity contribution in [3.63, 3.8) is 0 Å². The van der Waals surface area contributed by atoms with Crippen molar-refractivity contribution >= 4 is 32.4 Å². The molecule has 0 atom stereocenters. The Morgan fingerprint density at radius 1 is 1.50 bits per heavy atom. The lowest BCUT2D eigenvalue weighted by molar-refractivity contribution is 0.389. The molecule has 4 nitrogen and oxygen atoms in total. The molecule has 4 N–H and O–H groups in total. The van der Waals surface area contributed by atoms with Gasteiger partial charge >= 0.3 is 0 Å². The third kappa shape index (κ3) is 1.09. The Bertz CT molecular complexity index is 412. The van der Waals surface area contributed by atoms with E-state index in [0.717, 1.165) is 10.2 Å². The van der Waals surface area contributed by atoms with Gasteiger partial charge in [-0.2, -0.15) is 0 Å². The SMILES string of the molecule is Nc1nc2ccc(NO)cc2s1. The number of rotatable bonds is 1. The minimum atomic E-state index is 0.542. The van der Waals surface area contributed by atoms with Crippen molar-refractivity contribution in [2.24, 2.45) is 0 Å². The summed E-state index contributed by atoms with van der Waals surface area (Å²) in [6.07, 6.45) is 0. The first kappa shape index (κ1) is 7.33. The smallest absolute Gasteiger partial charge is 0.181 e. The van der Waals surface area contributed by atoms with Crippen molar-refractivity contribution in [2.45, 2.75) is 0 Å². The number of nitrogens with two attached hydrogens (primary N) is 1. The van der Waals surface area contributed by atoms with Gasteiger partial charge in [0.1, 0.15) is 0 Å². The van der Waals surface area contributed by atoms with Crippen LogP contribution in [0.3, 0.4) is 0 Å². The van der Waals surface area contributed by atoms with Crippen LogP contribution in [0.15, 0.2) is 18.2 Å². The summed E-state index contributed by atoms with van der Waals surface area (Å²) < 4.78 is 0.964. The first-order valence-electron chi connectivity index (χ1n) is 3.36. The van der Waals surface area contributed by atoms with E-state index >= 15 is 0 Å². The summed E-state index contributed by atoms with van der Waals surface area (Å²) in [6.45, 7) is 0. The topological polar surface area (TPSA) is 71.2 Å². The molecule has 0 fully saturated rings. The van der Waals surface area contributed by atoms with Gasteiger partial charge in [0.05, 0.1) is 15.9 Å².